The van der Waals surface area contributed by atoms with Crippen molar-refractivity contribution in [3.05, 3.63) is 58.3 Å². The molecule has 0 spiro atoms. The molecule has 2 rings (SSSR count). The molecule has 2 aromatic rings. The van der Waals surface area contributed by atoms with Gasteiger partial charge in [-0.3, -0.25) is 4.72 Å². The standard InChI is InChI=1S/C14H12Cl2FNO3S/c15-10-7-11(16)9-13(8-10)18-22(19,20)6-5-21-14-3-1-12(17)2-4-14/h1-4,7-9,18H,5-6H2. The molecule has 4 nitrogen and oxygen atoms in total. The van der Waals surface area contributed by atoms with Crippen LogP contribution < -0.4 is 9.46 Å². The maximum absolute atomic E-state index is 12.7. The lowest BCUT2D eigenvalue weighted by Crippen LogP contribution is -2.21. The van der Waals surface area contributed by atoms with E-state index in [-0.39, 0.29) is 23.9 Å². The number of anilines is 1. The van der Waals surface area contributed by atoms with Gasteiger partial charge in [-0.05, 0) is 42.5 Å². The topological polar surface area (TPSA) is 55.4 Å². The maximum atomic E-state index is 12.7. The Morgan fingerprint density at radius 1 is 1.05 bits per heavy atom. The lowest BCUT2D eigenvalue weighted by atomic mass is 10.3. The van der Waals surface area contributed by atoms with Gasteiger partial charge in [-0.2, -0.15) is 0 Å². The molecule has 0 aliphatic carbocycles. The van der Waals surface area contributed by atoms with Crippen molar-refractivity contribution in [2.45, 2.75) is 0 Å². The smallest absolute Gasteiger partial charge is 0.236 e. The molecular weight excluding hydrogens is 352 g/mol. The lowest BCUT2D eigenvalue weighted by Gasteiger charge is -2.10. The van der Waals surface area contributed by atoms with Crippen molar-refractivity contribution in [3.63, 3.8) is 0 Å². The molecule has 2 aromatic carbocycles. The van der Waals surface area contributed by atoms with Crippen molar-refractivity contribution in [1.82, 2.24) is 0 Å². The Morgan fingerprint density at radius 2 is 1.64 bits per heavy atom. The third kappa shape index (κ3) is 5.36. The van der Waals surface area contributed by atoms with Crippen LogP contribution in [0.15, 0.2) is 42.5 Å². The van der Waals surface area contributed by atoms with Crippen LogP contribution in [0.2, 0.25) is 10.0 Å². The van der Waals surface area contributed by atoms with Gasteiger partial charge in [0.2, 0.25) is 10.0 Å². The zero-order valence-corrected chi connectivity index (χ0v) is 13.6. The number of benzene rings is 2. The molecule has 1 N–H and O–H groups in total. The van der Waals surface area contributed by atoms with Crippen LogP contribution in [0.25, 0.3) is 0 Å². The Labute approximate surface area is 137 Å². The second kappa shape index (κ2) is 7.17. The monoisotopic (exact) mass is 363 g/mol. The van der Waals surface area contributed by atoms with Crippen molar-refractivity contribution in [3.8, 4) is 5.75 Å². The number of hydrogen-bond acceptors (Lipinski definition) is 3. The van der Waals surface area contributed by atoms with Crippen LogP contribution in [0, 0.1) is 5.82 Å². The number of hydrogen-bond donors (Lipinski definition) is 1. The summed E-state index contributed by atoms with van der Waals surface area (Å²) in [6, 6.07) is 9.71. The van der Waals surface area contributed by atoms with Crippen LogP contribution in [-0.4, -0.2) is 20.8 Å². The van der Waals surface area contributed by atoms with Crippen molar-refractivity contribution in [1.29, 1.82) is 0 Å². The van der Waals surface area contributed by atoms with Gasteiger partial charge in [0.25, 0.3) is 0 Å². The summed E-state index contributed by atoms with van der Waals surface area (Å²) in [6.07, 6.45) is 0. The molecular formula is C14H12Cl2FNO3S. The van der Waals surface area contributed by atoms with E-state index in [2.05, 4.69) is 4.72 Å². The third-order valence-electron chi connectivity index (χ3n) is 2.57. The van der Waals surface area contributed by atoms with Gasteiger partial charge in [0.1, 0.15) is 23.9 Å². The summed E-state index contributed by atoms with van der Waals surface area (Å²) in [4.78, 5) is 0. The zero-order chi connectivity index (χ0) is 16.2. The first-order valence-electron chi connectivity index (χ1n) is 6.19. The molecule has 0 amide bonds. The van der Waals surface area contributed by atoms with Gasteiger partial charge < -0.3 is 4.74 Å². The summed E-state index contributed by atoms with van der Waals surface area (Å²) in [7, 11) is -3.61. The molecule has 0 aliphatic rings. The van der Waals surface area contributed by atoms with Crippen LogP contribution in [-0.2, 0) is 10.0 Å². The predicted octanol–water partition coefficient (Wildman–Crippen LogP) is 3.95. The SMILES string of the molecule is O=S(=O)(CCOc1ccc(F)cc1)Nc1cc(Cl)cc(Cl)c1. The van der Waals surface area contributed by atoms with Gasteiger partial charge in [-0.15, -0.1) is 0 Å². The van der Waals surface area contributed by atoms with Gasteiger partial charge in [-0.1, -0.05) is 23.2 Å². The molecule has 0 aliphatic heterocycles. The molecule has 0 saturated carbocycles. The Hall–Kier alpha value is -1.50. The first-order valence-corrected chi connectivity index (χ1v) is 8.60. The van der Waals surface area contributed by atoms with E-state index in [1.54, 1.807) is 0 Å². The van der Waals surface area contributed by atoms with Crippen molar-refractivity contribution >= 4 is 38.9 Å². The van der Waals surface area contributed by atoms with Gasteiger partial charge in [0, 0.05) is 10.0 Å². The van der Waals surface area contributed by atoms with E-state index in [0.29, 0.717) is 15.8 Å². The number of rotatable bonds is 6. The second-order valence-electron chi connectivity index (χ2n) is 4.38. The fraction of sp³-hybridized carbons (Fsp3) is 0.143. The highest BCUT2D eigenvalue weighted by Crippen LogP contribution is 2.23. The molecule has 0 bridgehead atoms. The largest absolute Gasteiger partial charge is 0.492 e. The third-order valence-corrected chi connectivity index (χ3v) is 4.26. The molecule has 0 radical (unpaired) electrons. The van der Waals surface area contributed by atoms with Crippen molar-refractivity contribution in [2.24, 2.45) is 0 Å². The van der Waals surface area contributed by atoms with E-state index in [1.165, 1.54) is 42.5 Å². The van der Waals surface area contributed by atoms with Gasteiger partial charge in [-0.25, -0.2) is 12.8 Å². The molecule has 0 fully saturated rings. The van der Waals surface area contributed by atoms with E-state index < -0.39 is 10.0 Å². The van der Waals surface area contributed by atoms with Gasteiger partial charge in [0.05, 0.1) is 5.69 Å². The molecule has 0 aromatic heterocycles. The van der Waals surface area contributed by atoms with Gasteiger partial charge >= 0.3 is 0 Å². The number of halogens is 3. The number of sulfonamides is 1. The lowest BCUT2D eigenvalue weighted by molar-refractivity contribution is 0.340. The summed E-state index contributed by atoms with van der Waals surface area (Å²) in [6.45, 7) is -0.0741. The Bertz CT molecular complexity index is 731. The first kappa shape index (κ1) is 16.9. The fourth-order valence-electron chi connectivity index (χ4n) is 1.64. The number of nitrogens with one attached hydrogen (secondary N) is 1. The molecule has 0 saturated heterocycles. The van der Waals surface area contributed by atoms with Crippen LogP contribution >= 0.6 is 23.2 Å². The van der Waals surface area contributed by atoms with E-state index in [4.69, 9.17) is 27.9 Å². The predicted molar refractivity (Wildman–Crippen MR) is 85.8 cm³/mol. The highest BCUT2D eigenvalue weighted by Gasteiger charge is 2.12. The normalized spacial score (nSPS) is 11.2. The minimum Gasteiger partial charge on any atom is -0.492 e. The minimum absolute atomic E-state index is 0.0741. The Balaban J connectivity index is 1.92. The average molecular weight is 364 g/mol. The fourth-order valence-corrected chi connectivity index (χ4v) is 3.05. The van der Waals surface area contributed by atoms with Crippen LogP contribution in [0.3, 0.4) is 0 Å². The molecule has 0 heterocycles. The highest BCUT2D eigenvalue weighted by molar-refractivity contribution is 7.92. The molecule has 22 heavy (non-hydrogen) atoms. The van der Waals surface area contributed by atoms with E-state index >= 15 is 0 Å². The van der Waals surface area contributed by atoms with Crippen LogP contribution in [0.4, 0.5) is 10.1 Å². The van der Waals surface area contributed by atoms with Crippen molar-refractivity contribution < 1.29 is 17.5 Å². The summed E-state index contributed by atoms with van der Waals surface area (Å²) < 4.78 is 44.2. The molecule has 118 valence electrons. The second-order valence-corrected chi connectivity index (χ2v) is 7.10. The summed E-state index contributed by atoms with van der Waals surface area (Å²) in [5.41, 5.74) is 0.277. The van der Waals surface area contributed by atoms with Gasteiger partial charge in [0.15, 0.2) is 0 Å². The average Bonchev–Trinajstić information content (AvgIpc) is 2.39. The summed E-state index contributed by atoms with van der Waals surface area (Å²) in [5, 5.41) is 0.653. The molecule has 0 unspecified atom stereocenters. The Kier molecular flexibility index (Phi) is 5.50. The summed E-state index contributed by atoms with van der Waals surface area (Å²) >= 11 is 11.6. The van der Waals surface area contributed by atoms with E-state index in [9.17, 15) is 12.8 Å². The van der Waals surface area contributed by atoms with E-state index in [0.717, 1.165) is 0 Å². The number of ether oxygens (including phenoxy) is 1. The van der Waals surface area contributed by atoms with Crippen LogP contribution in [0.1, 0.15) is 0 Å². The molecule has 0 atom stereocenters. The molecule has 8 heteroatoms. The Morgan fingerprint density at radius 3 is 2.23 bits per heavy atom. The maximum Gasteiger partial charge on any atom is 0.236 e. The van der Waals surface area contributed by atoms with Crippen molar-refractivity contribution in [2.75, 3.05) is 17.1 Å². The highest BCUT2D eigenvalue weighted by atomic mass is 35.5. The van der Waals surface area contributed by atoms with E-state index in [1.807, 2.05) is 0 Å². The first-order chi connectivity index (χ1) is 10.3. The van der Waals surface area contributed by atoms with Crippen LogP contribution in [0.5, 0.6) is 5.75 Å². The summed E-state index contributed by atoms with van der Waals surface area (Å²) in [5.74, 6) is -0.268. The quantitative estimate of drug-likeness (QED) is 0.844. The zero-order valence-electron chi connectivity index (χ0n) is 11.2. The minimum atomic E-state index is -3.61.